The first-order valence-corrected chi connectivity index (χ1v) is 18.1. The molecule has 54 heavy (non-hydrogen) atoms. The summed E-state index contributed by atoms with van der Waals surface area (Å²) in [6, 6.07) is 6.73. The highest BCUT2D eigenvalue weighted by atomic mass is 35.5. The molecule has 0 spiro atoms. The number of halogens is 4. The molecule has 1 saturated carbocycles. The molecule has 1 fully saturated rings. The van der Waals surface area contributed by atoms with Gasteiger partial charge < -0.3 is 23.9 Å². The van der Waals surface area contributed by atoms with Crippen LogP contribution in [0.3, 0.4) is 0 Å². The number of aryl methyl sites for hydroxylation is 2. The zero-order valence-electron chi connectivity index (χ0n) is 28.7. The first-order chi connectivity index (χ1) is 25.7. The van der Waals surface area contributed by atoms with Gasteiger partial charge in [0.25, 0.3) is 5.56 Å². The topological polar surface area (TPSA) is 166 Å². The van der Waals surface area contributed by atoms with Crippen LogP contribution in [0.1, 0.15) is 23.7 Å². The number of fused-ring (bicyclic) bond motifs is 6. The second-order valence-electron chi connectivity index (χ2n) is 13.4. The molecule has 2 aliphatic heterocycles. The Morgan fingerprint density at radius 3 is 2.41 bits per heavy atom. The minimum atomic E-state index is -2.24. The van der Waals surface area contributed by atoms with Crippen molar-refractivity contribution in [3.05, 3.63) is 106 Å². The van der Waals surface area contributed by atoms with Crippen LogP contribution >= 0.6 is 46.4 Å². The molecule has 4 atom stereocenters. The minimum absolute atomic E-state index is 0.0282. The number of phenolic OH excluding ortho intramolecular Hbond substituents is 1. The van der Waals surface area contributed by atoms with Crippen LogP contribution in [0.15, 0.2) is 78.3 Å². The number of alkyl halides is 2. The van der Waals surface area contributed by atoms with E-state index in [1.54, 1.807) is 31.3 Å². The third-order valence-electron chi connectivity index (χ3n) is 10.8. The van der Waals surface area contributed by atoms with Gasteiger partial charge in [-0.25, -0.2) is 28.5 Å². The molecule has 4 heterocycles. The Balaban J connectivity index is 1.22. The number of allylic oxidation sites excluding steroid dienone is 5. The van der Waals surface area contributed by atoms with Gasteiger partial charge in [-0.05, 0) is 29.3 Å². The van der Waals surface area contributed by atoms with E-state index in [2.05, 4.69) is 4.98 Å². The number of hydrogen-bond donors (Lipinski definition) is 1. The Morgan fingerprint density at radius 2 is 1.69 bits per heavy atom. The second-order valence-corrected chi connectivity index (χ2v) is 15.4. The molecule has 8 rings (SSSR count). The molecule has 0 amide bonds. The molecule has 0 unspecified atom stereocenters. The van der Waals surface area contributed by atoms with Crippen LogP contribution in [0.4, 0.5) is 0 Å². The molecule has 0 saturated heterocycles. The fourth-order valence-corrected chi connectivity index (χ4v) is 9.65. The van der Waals surface area contributed by atoms with E-state index in [1.807, 2.05) is 0 Å². The van der Waals surface area contributed by atoms with Crippen LogP contribution in [-0.2, 0) is 42.6 Å². The number of Topliss-reactive ketones (excluding diaryl/α,β-unsaturated/α-hetero) is 2. The molecular weight excluding hydrogens is 788 g/mol. The van der Waals surface area contributed by atoms with Crippen molar-refractivity contribution in [3.8, 4) is 23.0 Å². The Kier molecular flexibility index (Phi) is 8.49. The SMILES string of the molecule is COc1cc2nc(CCn3c(=O)n4n(c3=O)[C@@H]3C[C@@]5(Cl)C(=O)C(Cl)=C(Cl)C(=O)[C@@]5(Cl)[C@@H](C5=COc6ccc(O)cc6C5)C3=CC4)c(=O)n(C)c2cc1OC. The summed E-state index contributed by atoms with van der Waals surface area (Å²) in [5.41, 5.74) is 0.545. The van der Waals surface area contributed by atoms with E-state index in [1.165, 1.54) is 46.5 Å². The lowest BCUT2D eigenvalue weighted by molar-refractivity contribution is -0.129. The van der Waals surface area contributed by atoms with Crippen molar-refractivity contribution in [3.63, 3.8) is 0 Å². The number of methoxy groups -OCH3 is 2. The molecule has 2 aromatic heterocycles. The average molecular weight is 817 g/mol. The largest absolute Gasteiger partial charge is 0.508 e. The maximum absolute atomic E-state index is 14.3. The predicted molar refractivity (Wildman–Crippen MR) is 198 cm³/mol. The van der Waals surface area contributed by atoms with Gasteiger partial charge >= 0.3 is 11.4 Å². The smallest absolute Gasteiger partial charge is 0.347 e. The summed E-state index contributed by atoms with van der Waals surface area (Å²) in [6.07, 6.45) is 2.70. The Labute approximate surface area is 324 Å². The van der Waals surface area contributed by atoms with Gasteiger partial charge in [-0.1, -0.05) is 29.3 Å². The fourth-order valence-electron chi connectivity index (χ4n) is 8.11. The average Bonchev–Trinajstić information content (AvgIpc) is 3.41. The van der Waals surface area contributed by atoms with Gasteiger partial charge in [-0.3, -0.25) is 14.4 Å². The lowest BCUT2D eigenvalue weighted by atomic mass is 9.58. The van der Waals surface area contributed by atoms with Crippen LogP contribution in [0, 0.1) is 5.92 Å². The molecule has 0 bridgehead atoms. The van der Waals surface area contributed by atoms with E-state index in [-0.39, 0.29) is 37.4 Å². The highest BCUT2D eigenvalue weighted by Gasteiger charge is 2.72. The normalized spacial score (nSPS) is 24.6. The maximum Gasteiger partial charge on any atom is 0.347 e. The Morgan fingerprint density at radius 1 is 0.981 bits per heavy atom. The standard InChI is InChI=1S/C36H29Cl4N5O9/c1-42-22-13-26(53-3)25(52-2)12-21(22)41-20(32(42)49)7-8-43-33(50)44-9-6-19-23(45(44)34(43)51)14-35(39)30(47)28(37)29(38)31(48)36(35,40)27(19)17-10-16-11-18(46)4-5-24(16)54-15-17/h4-6,11-13,15,23,27,46H,7-10,14H2,1-3H3/t23-,27+,35-,36+/m1/s1. The predicted octanol–water partition coefficient (Wildman–Crippen LogP) is 3.84. The van der Waals surface area contributed by atoms with Gasteiger partial charge in [-0.2, -0.15) is 0 Å². The molecule has 14 nitrogen and oxygen atoms in total. The number of ether oxygens (including phenoxy) is 3. The van der Waals surface area contributed by atoms with Crippen molar-refractivity contribution in [2.75, 3.05) is 14.2 Å². The first-order valence-electron chi connectivity index (χ1n) is 16.6. The van der Waals surface area contributed by atoms with Gasteiger partial charge in [0, 0.05) is 56.5 Å². The second kappa shape index (κ2) is 12.7. The highest BCUT2D eigenvalue weighted by molar-refractivity contribution is 6.66. The van der Waals surface area contributed by atoms with E-state index in [0.717, 1.165) is 4.57 Å². The zero-order chi connectivity index (χ0) is 38.6. The number of ketones is 2. The summed E-state index contributed by atoms with van der Waals surface area (Å²) in [5, 5.41) is 9.05. The van der Waals surface area contributed by atoms with Crippen molar-refractivity contribution >= 4 is 69.0 Å². The fraction of sp³-hybridized carbons (Fsp3) is 0.333. The quantitative estimate of drug-likeness (QED) is 0.223. The lowest BCUT2D eigenvalue weighted by Gasteiger charge is -2.55. The maximum atomic E-state index is 14.3. The molecule has 2 aliphatic carbocycles. The molecule has 280 valence electrons. The zero-order valence-corrected chi connectivity index (χ0v) is 31.7. The van der Waals surface area contributed by atoms with Gasteiger partial charge in [0.15, 0.2) is 23.1 Å². The summed E-state index contributed by atoms with van der Waals surface area (Å²) in [4.78, 5) is 69.8. The summed E-state index contributed by atoms with van der Waals surface area (Å²) in [7, 11) is 4.53. The monoisotopic (exact) mass is 815 g/mol. The first kappa shape index (κ1) is 36.2. The third kappa shape index (κ3) is 4.92. The number of aromatic hydroxyl groups is 1. The Bertz CT molecular complexity index is 2650. The third-order valence-corrected chi connectivity index (χ3v) is 13.0. The van der Waals surface area contributed by atoms with E-state index in [0.29, 0.717) is 45.0 Å². The molecule has 4 aromatic rings. The highest BCUT2D eigenvalue weighted by Crippen LogP contribution is 2.63. The molecule has 2 aromatic carbocycles. The van der Waals surface area contributed by atoms with Crippen molar-refractivity contribution in [2.24, 2.45) is 13.0 Å². The van der Waals surface area contributed by atoms with E-state index < -0.39 is 66.7 Å². The summed E-state index contributed by atoms with van der Waals surface area (Å²) < 4.78 is 21.5. The van der Waals surface area contributed by atoms with Crippen LogP contribution in [-0.4, -0.2) is 64.1 Å². The summed E-state index contributed by atoms with van der Waals surface area (Å²) in [5.74, 6) is -1.74. The minimum Gasteiger partial charge on any atom is -0.508 e. The van der Waals surface area contributed by atoms with Gasteiger partial charge in [0.2, 0.25) is 0 Å². The van der Waals surface area contributed by atoms with Gasteiger partial charge in [0.1, 0.15) is 37.0 Å². The van der Waals surface area contributed by atoms with E-state index in [4.69, 9.17) is 60.6 Å². The van der Waals surface area contributed by atoms with Crippen molar-refractivity contribution in [1.82, 2.24) is 23.5 Å². The number of hydrogen-bond acceptors (Lipinski definition) is 10. The van der Waals surface area contributed by atoms with Crippen molar-refractivity contribution < 1.29 is 28.9 Å². The molecule has 4 aliphatic rings. The number of nitrogens with zero attached hydrogens (tertiary/aromatic N) is 5. The van der Waals surface area contributed by atoms with Gasteiger partial charge in [-0.15, -0.1) is 23.2 Å². The van der Waals surface area contributed by atoms with E-state index in [9.17, 15) is 29.1 Å². The number of benzene rings is 2. The van der Waals surface area contributed by atoms with Gasteiger partial charge in [0.05, 0.1) is 44.1 Å². The number of rotatable bonds is 6. The molecule has 0 radical (unpaired) electrons. The van der Waals surface area contributed by atoms with Crippen LogP contribution < -0.4 is 31.1 Å². The lowest BCUT2D eigenvalue weighted by Crippen LogP contribution is -2.68. The van der Waals surface area contributed by atoms with Crippen molar-refractivity contribution in [1.29, 1.82) is 0 Å². The summed E-state index contributed by atoms with van der Waals surface area (Å²) >= 11 is 27.2. The van der Waals surface area contributed by atoms with Crippen molar-refractivity contribution in [2.45, 2.75) is 48.1 Å². The molecule has 1 N–H and O–H groups in total. The number of carbonyl (C=O) groups is 2. The van der Waals surface area contributed by atoms with E-state index >= 15 is 0 Å². The number of carbonyl (C=O) groups excluding carboxylic acids is 2. The Hall–Kier alpha value is -4.76. The van der Waals surface area contributed by atoms with Crippen LogP contribution in [0.25, 0.3) is 11.0 Å². The van der Waals surface area contributed by atoms with Crippen LogP contribution in [0.5, 0.6) is 23.0 Å². The van der Waals surface area contributed by atoms with Crippen LogP contribution in [0.2, 0.25) is 0 Å². The molecule has 18 heteroatoms. The number of aromatic nitrogens is 5. The molecular formula is C36H29Cl4N5O9. The summed E-state index contributed by atoms with van der Waals surface area (Å²) in [6.45, 7) is -0.329. The number of phenols is 1.